The fourth-order valence-electron chi connectivity index (χ4n) is 4.43. The molecule has 0 aliphatic heterocycles. The largest absolute Gasteiger partial charge is 0.420 e. The summed E-state index contributed by atoms with van der Waals surface area (Å²) >= 11 is 0. The molecule has 1 aliphatic rings. The minimum absolute atomic E-state index is 0.108. The summed E-state index contributed by atoms with van der Waals surface area (Å²) in [6.45, 7) is 0. The Bertz CT molecular complexity index is 1610. The average Bonchev–Trinajstić information content (AvgIpc) is 3.22. The molecule has 3 aromatic carbocycles. The van der Waals surface area contributed by atoms with Gasteiger partial charge in [0.2, 0.25) is 5.78 Å². The van der Waals surface area contributed by atoms with Gasteiger partial charge in [0.15, 0.2) is 11.4 Å². The third-order valence-electron chi connectivity index (χ3n) is 5.85. The van der Waals surface area contributed by atoms with Crippen molar-refractivity contribution in [2.24, 2.45) is 0 Å². The van der Waals surface area contributed by atoms with Crippen molar-refractivity contribution in [3.63, 3.8) is 0 Å². The molecular weight excluding hydrogens is 402 g/mol. The van der Waals surface area contributed by atoms with Crippen LogP contribution in [0.2, 0.25) is 0 Å². The molecule has 32 heavy (non-hydrogen) atoms. The van der Waals surface area contributed by atoms with Crippen molar-refractivity contribution in [3.8, 4) is 22.3 Å². The van der Waals surface area contributed by atoms with Crippen LogP contribution in [0, 0.1) is 0 Å². The summed E-state index contributed by atoms with van der Waals surface area (Å²) in [5, 5.41) is 0. The molecule has 0 radical (unpaired) electrons. The van der Waals surface area contributed by atoms with E-state index in [1.54, 1.807) is 24.3 Å². The molecule has 5 heteroatoms. The maximum absolute atomic E-state index is 13.3. The fraction of sp³-hybridized carbons (Fsp3) is 0. The number of nitrogens with one attached hydrogen (secondary N) is 1. The van der Waals surface area contributed by atoms with Gasteiger partial charge in [-0.05, 0) is 11.1 Å². The summed E-state index contributed by atoms with van der Waals surface area (Å²) < 4.78 is 5.72. The summed E-state index contributed by atoms with van der Waals surface area (Å²) in [5.41, 5.74) is 3.34. The summed E-state index contributed by atoms with van der Waals surface area (Å²) in [6, 6.07) is 25.3. The Balaban J connectivity index is 1.76. The van der Waals surface area contributed by atoms with Gasteiger partial charge in [0.05, 0.1) is 16.6 Å². The van der Waals surface area contributed by atoms with E-state index in [0.717, 1.165) is 5.56 Å². The van der Waals surface area contributed by atoms with Crippen molar-refractivity contribution in [1.82, 2.24) is 4.98 Å². The molecule has 0 amide bonds. The van der Waals surface area contributed by atoms with Gasteiger partial charge < -0.3 is 9.40 Å². The van der Waals surface area contributed by atoms with E-state index in [0.29, 0.717) is 33.3 Å². The Morgan fingerprint density at radius 3 is 1.72 bits per heavy atom. The van der Waals surface area contributed by atoms with Gasteiger partial charge in [-0.2, -0.15) is 0 Å². The van der Waals surface area contributed by atoms with Gasteiger partial charge in [0.25, 0.3) is 0 Å². The highest BCUT2D eigenvalue weighted by atomic mass is 16.4. The van der Waals surface area contributed by atoms with E-state index < -0.39 is 5.63 Å². The number of benzene rings is 3. The van der Waals surface area contributed by atoms with Crippen LogP contribution >= 0.6 is 0 Å². The monoisotopic (exact) mass is 417 g/mol. The Labute approximate surface area is 182 Å². The van der Waals surface area contributed by atoms with Gasteiger partial charge in [-0.1, -0.05) is 84.9 Å². The van der Waals surface area contributed by atoms with Crippen LogP contribution in [0.25, 0.3) is 33.4 Å². The molecule has 2 heterocycles. The van der Waals surface area contributed by atoms with E-state index in [-0.39, 0.29) is 28.4 Å². The van der Waals surface area contributed by atoms with E-state index >= 15 is 0 Å². The standard InChI is InChI=1S/C27H15NO4/c29-24-17-13-7-8-14-18(17)25(30)22-21(24)26-23(28-22)19(15-9-3-1-4-10-15)20(27(31)32-26)16-11-5-2-6-12-16/h1-14,28H. The van der Waals surface area contributed by atoms with Gasteiger partial charge in [-0.15, -0.1) is 0 Å². The number of aromatic nitrogens is 1. The van der Waals surface area contributed by atoms with Crippen molar-refractivity contribution in [1.29, 1.82) is 0 Å². The number of carbonyl (C=O) groups excluding carboxylic acids is 2. The SMILES string of the molecule is O=C1c2ccccc2C(=O)c2c1[nH]c1c(-c3ccccc3)c(-c3ccccc3)c(=O)oc21. The maximum atomic E-state index is 13.3. The quantitative estimate of drug-likeness (QED) is 0.418. The molecule has 1 aliphatic carbocycles. The third-order valence-corrected chi connectivity index (χ3v) is 5.85. The highest BCUT2D eigenvalue weighted by Gasteiger charge is 2.36. The van der Waals surface area contributed by atoms with E-state index in [9.17, 15) is 14.4 Å². The second-order valence-corrected chi connectivity index (χ2v) is 7.65. The van der Waals surface area contributed by atoms with Crippen molar-refractivity contribution in [3.05, 3.63) is 118 Å². The predicted molar refractivity (Wildman–Crippen MR) is 121 cm³/mol. The number of fused-ring (bicyclic) bond motifs is 4. The lowest BCUT2D eigenvalue weighted by molar-refractivity contribution is 0.0977. The van der Waals surface area contributed by atoms with Gasteiger partial charge in [-0.25, -0.2) is 4.79 Å². The molecule has 5 nitrogen and oxygen atoms in total. The highest BCUT2D eigenvalue weighted by Crippen LogP contribution is 2.40. The third kappa shape index (κ3) is 2.48. The van der Waals surface area contributed by atoms with Crippen LogP contribution in [0.4, 0.5) is 0 Å². The van der Waals surface area contributed by atoms with Gasteiger partial charge in [0, 0.05) is 16.7 Å². The number of ketones is 2. The molecule has 5 aromatic rings. The van der Waals surface area contributed by atoms with Gasteiger partial charge in [0.1, 0.15) is 5.69 Å². The van der Waals surface area contributed by atoms with Crippen molar-refractivity contribution in [2.45, 2.75) is 0 Å². The Kier molecular flexibility index (Phi) is 3.86. The van der Waals surface area contributed by atoms with Crippen LogP contribution in [-0.2, 0) is 0 Å². The van der Waals surface area contributed by atoms with Crippen molar-refractivity contribution >= 4 is 22.7 Å². The van der Waals surface area contributed by atoms with Crippen LogP contribution in [-0.4, -0.2) is 16.6 Å². The molecule has 0 unspecified atom stereocenters. The minimum atomic E-state index is -0.566. The molecule has 0 bridgehead atoms. The summed E-state index contributed by atoms with van der Waals surface area (Å²) in [7, 11) is 0. The zero-order valence-corrected chi connectivity index (χ0v) is 16.7. The molecular formula is C27H15NO4. The maximum Gasteiger partial charge on any atom is 0.344 e. The number of carbonyl (C=O) groups is 2. The summed E-state index contributed by atoms with van der Waals surface area (Å²) in [4.78, 5) is 42.9. The highest BCUT2D eigenvalue weighted by molar-refractivity contribution is 6.32. The van der Waals surface area contributed by atoms with Gasteiger partial charge >= 0.3 is 5.63 Å². The first-order valence-electron chi connectivity index (χ1n) is 10.2. The second kappa shape index (κ2) is 6.75. The fourth-order valence-corrected chi connectivity index (χ4v) is 4.43. The Hall–Kier alpha value is -4.51. The molecule has 6 rings (SSSR count). The molecule has 2 aromatic heterocycles. The number of aromatic amines is 1. The zero-order valence-electron chi connectivity index (χ0n) is 16.7. The average molecular weight is 417 g/mol. The summed E-state index contributed by atoms with van der Waals surface area (Å²) in [6.07, 6.45) is 0. The Morgan fingerprint density at radius 1 is 0.562 bits per heavy atom. The van der Waals surface area contributed by atoms with E-state index in [2.05, 4.69) is 4.98 Å². The number of H-pyrrole nitrogens is 1. The number of rotatable bonds is 2. The Morgan fingerprint density at radius 2 is 1.09 bits per heavy atom. The summed E-state index contributed by atoms with van der Waals surface area (Å²) in [5.74, 6) is -0.634. The van der Waals surface area contributed by atoms with E-state index in [4.69, 9.17) is 4.42 Å². The predicted octanol–water partition coefficient (Wildman–Crippen LogP) is 5.23. The van der Waals surface area contributed by atoms with Crippen LogP contribution < -0.4 is 5.63 Å². The molecule has 152 valence electrons. The molecule has 0 atom stereocenters. The zero-order chi connectivity index (χ0) is 21.8. The van der Waals surface area contributed by atoms with Crippen molar-refractivity contribution in [2.75, 3.05) is 0 Å². The van der Waals surface area contributed by atoms with Crippen LogP contribution in [0.3, 0.4) is 0 Å². The van der Waals surface area contributed by atoms with Gasteiger partial charge in [-0.3, -0.25) is 9.59 Å². The molecule has 0 saturated carbocycles. The normalized spacial score (nSPS) is 12.6. The first-order valence-corrected chi connectivity index (χ1v) is 10.2. The second-order valence-electron chi connectivity index (χ2n) is 7.65. The molecule has 0 saturated heterocycles. The molecule has 1 N–H and O–H groups in total. The topological polar surface area (TPSA) is 80.1 Å². The lowest BCUT2D eigenvalue weighted by Gasteiger charge is -2.13. The van der Waals surface area contributed by atoms with Crippen LogP contribution in [0.15, 0.2) is 94.1 Å². The molecule has 0 fully saturated rings. The molecule has 0 spiro atoms. The van der Waals surface area contributed by atoms with E-state index in [1.807, 2.05) is 60.7 Å². The smallest absolute Gasteiger partial charge is 0.344 e. The van der Waals surface area contributed by atoms with Crippen molar-refractivity contribution < 1.29 is 14.0 Å². The first-order chi connectivity index (χ1) is 15.6. The lowest BCUT2D eigenvalue weighted by Crippen LogP contribution is -2.20. The van der Waals surface area contributed by atoms with Crippen LogP contribution in [0.5, 0.6) is 0 Å². The lowest BCUT2D eigenvalue weighted by atomic mass is 9.87. The number of hydrogen-bond acceptors (Lipinski definition) is 4. The first kappa shape index (κ1) is 18.3. The number of hydrogen-bond donors (Lipinski definition) is 1. The van der Waals surface area contributed by atoms with E-state index in [1.165, 1.54) is 0 Å². The minimum Gasteiger partial charge on any atom is -0.420 e. The van der Waals surface area contributed by atoms with Crippen LogP contribution in [0.1, 0.15) is 32.0 Å².